The van der Waals surface area contributed by atoms with E-state index in [4.69, 9.17) is 23.1 Å². The summed E-state index contributed by atoms with van der Waals surface area (Å²) in [5.41, 5.74) is 11.8. The first-order chi connectivity index (χ1) is 5.37. The van der Waals surface area contributed by atoms with Crippen LogP contribution >= 0.6 is 11.6 Å². The molecule has 3 unspecified atom stereocenters. The van der Waals surface area contributed by atoms with Crippen LogP contribution in [0.1, 0.15) is 33.1 Å². The topological polar surface area (TPSA) is 52.0 Å². The fraction of sp³-hybridized carbons (Fsp3) is 1.00. The van der Waals surface area contributed by atoms with Crippen molar-refractivity contribution in [2.24, 2.45) is 16.9 Å². The smallest absolute Gasteiger partial charge is 0.0439 e. The molecule has 0 aromatic carbocycles. The molecule has 3 atom stereocenters. The van der Waals surface area contributed by atoms with Gasteiger partial charge in [0.1, 0.15) is 0 Å². The predicted molar refractivity (Wildman–Crippen MR) is 53.2 cm³/mol. The Hall–Kier alpha value is 0.210. The van der Waals surface area contributed by atoms with Gasteiger partial charge in [-0.05, 0) is 38.1 Å². The molecule has 0 bridgehead atoms. The van der Waals surface area contributed by atoms with Gasteiger partial charge in [0.05, 0.1) is 0 Å². The Bertz CT molecular complexity index is 170. The summed E-state index contributed by atoms with van der Waals surface area (Å²) in [5.74, 6) is 0. The Labute approximate surface area is 79.6 Å². The molecule has 4 N–H and O–H groups in total. The Morgan fingerprint density at radius 3 is 2.42 bits per heavy atom. The van der Waals surface area contributed by atoms with Crippen molar-refractivity contribution in [1.29, 1.82) is 0 Å². The van der Waals surface area contributed by atoms with Gasteiger partial charge >= 0.3 is 0 Å². The molecule has 1 rings (SSSR count). The Morgan fingerprint density at radius 1 is 1.42 bits per heavy atom. The number of hydrogen-bond donors (Lipinski definition) is 2. The van der Waals surface area contributed by atoms with E-state index < -0.39 is 0 Å². The summed E-state index contributed by atoms with van der Waals surface area (Å²) in [5, 5.41) is 0. The Kier molecular flexibility index (Phi) is 2.72. The normalized spacial score (nSPS) is 49.2. The van der Waals surface area contributed by atoms with Gasteiger partial charge in [0.25, 0.3) is 0 Å². The van der Waals surface area contributed by atoms with E-state index in [-0.39, 0.29) is 16.3 Å². The van der Waals surface area contributed by atoms with Crippen LogP contribution in [0.25, 0.3) is 0 Å². The summed E-state index contributed by atoms with van der Waals surface area (Å²) in [4.78, 5) is -0.147. The summed E-state index contributed by atoms with van der Waals surface area (Å²) < 4.78 is 0. The predicted octanol–water partition coefficient (Wildman–Crippen LogP) is 1.46. The standard InChI is InChI=1S/C9H19ClN2/c1-8(6-11)3-7(12)4-9(2,10)5-8/h7H,3-6,11-12H2,1-2H3. The van der Waals surface area contributed by atoms with Gasteiger partial charge in [0.15, 0.2) is 0 Å². The van der Waals surface area contributed by atoms with E-state index in [0.29, 0.717) is 6.54 Å². The van der Waals surface area contributed by atoms with Crippen molar-refractivity contribution in [3.8, 4) is 0 Å². The molecular weight excluding hydrogens is 172 g/mol. The maximum Gasteiger partial charge on any atom is 0.0439 e. The molecule has 12 heavy (non-hydrogen) atoms. The molecule has 0 spiro atoms. The summed E-state index contributed by atoms with van der Waals surface area (Å²) in [6.45, 7) is 4.91. The first kappa shape index (κ1) is 10.3. The molecule has 0 amide bonds. The minimum absolute atomic E-state index is 0.147. The van der Waals surface area contributed by atoms with Crippen molar-refractivity contribution in [1.82, 2.24) is 0 Å². The van der Waals surface area contributed by atoms with E-state index in [1.165, 1.54) is 0 Å². The van der Waals surface area contributed by atoms with Crippen molar-refractivity contribution in [3.63, 3.8) is 0 Å². The lowest BCUT2D eigenvalue weighted by Crippen LogP contribution is -2.47. The molecule has 3 heteroatoms. The molecule has 1 aliphatic carbocycles. The van der Waals surface area contributed by atoms with Crippen LogP contribution in [0.15, 0.2) is 0 Å². The highest BCUT2D eigenvalue weighted by atomic mass is 35.5. The molecule has 0 aromatic heterocycles. The van der Waals surface area contributed by atoms with Gasteiger partial charge in [-0.25, -0.2) is 0 Å². The molecule has 0 heterocycles. The Balaban J connectivity index is 2.70. The van der Waals surface area contributed by atoms with Crippen LogP contribution in [0.5, 0.6) is 0 Å². The van der Waals surface area contributed by atoms with E-state index in [1.807, 2.05) is 0 Å². The SMILES string of the molecule is CC1(Cl)CC(N)CC(C)(CN)C1. The molecule has 72 valence electrons. The van der Waals surface area contributed by atoms with Gasteiger partial charge in [0, 0.05) is 10.9 Å². The van der Waals surface area contributed by atoms with E-state index in [1.54, 1.807) is 0 Å². The fourth-order valence-corrected chi connectivity index (χ4v) is 2.96. The highest BCUT2D eigenvalue weighted by molar-refractivity contribution is 6.23. The van der Waals surface area contributed by atoms with Crippen molar-refractivity contribution in [2.45, 2.75) is 44.0 Å². The lowest BCUT2D eigenvalue weighted by molar-refractivity contribution is 0.172. The van der Waals surface area contributed by atoms with Crippen molar-refractivity contribution in [3.05, 3.63) is 0 Å². The van der Waals surface area contributed by atoms with Crippen LogP contribution < -0.4 is 11.5 Å². The monoisotopic (exact) mass is 190 g/mol. The molecule has 1 saturated carbocycles. The average Bonchev–Trinajstić information content (AvgIpc) is 1.82. The summed E-state index contributed by atoms with van der Waals surface area (Å²) in [7, 11) is 0. The number of nitrogens with two attached hydrogens (primary N) is 2. The van der Waals surface area contributed by atoms with Crippen LogP contribution in [0.4, 0.5) is 0 Å². The first-order valence-electron chi connectivity index (χ1n) is 4.51. The number of rotatable bonds is 1. The third-order valence-electron chi connectivity index (χ3n) is 2.73. The molecule has 0 aromatic rings. The maximum absolute atomic E-state index is 6.29. The second-order valence-corrected chi connectivity index (χ2v) is 5.69. The zero-order valence-corrected chi connectivity index (χ0v) is 8.69. The summed E-state index contributed by atoms with van der Waals surface area (Å²) in [6, 6.07) is 0.217. The Morgan fingerprint density at radius 2 is 2.00 bits per heavy atom. The quantitative estimate of drug-likeness (QED) is 0.616. The molecule has 1 fully saturated rings. The summed E-state index contributed by atoms with van der Waals surface area (Å²) in [6.07, 6.45) is 2.89. The van der Waals surface area contributed by atoms with Crippen LogP contribution in [-0.2, 0) is 0 Å². The van der Waals surface area contributed by atoms with Crippen LogP contribution in [-0.4, -0.2) is 17.5 Å². The molecular formula is C9H19ClN2. The van der Waals surface area contributed by atoms with Gasteiger partial charge in [0.2, 0.25) is 0 Å². The van der Waals surface area contributed by atoms with Gasteiger partial charge < -0.3 is 11.5 Å². The largest absolute Gasteiger partial charge is 0.330 e. The zero-order valence-electron chi connectivity index (χ0n) is 7.94. The molecule has 0 saturated heterocycles. The zero-order chi connectivity index (χ0) is 9.41. The van der Waals surface area contributed by atoms with Crippen LogP contribution in [0.2, 0.25) is 0 Å². The molecule has 0 radical (unpaired) electrons. The second kappa shape index (κ2) is 3.17. The van der Waals surface area contributed by atoms with Gasteiger partial charge in [-0.15, -0.1) is 11.6 Å². The number of alkyl halides is 1. The average molecular weight is 191 g/mol. The highest BCUT2D eigenvalue weighted by Gasteiger charge is 2.40. The molecule has 2 nitrogen and oxygen atoms in total. The highest BCUT2D eigenvalue weighted by Crippen LogP contribution is 2.43. The minimum atomic E-state index is -0.147. The third-order valence-corrected chi connectivity index (χ3v) is 3.02. The minimum Gasteiger partial charge on any atom is -0.330 e. The van der Waals surface area contributed by atoms with E-state index in [2.05, 4.69) is 13.8 Å². The maximum atomic E-state index is 6.29. The van der Waals surface area contributed by atoms with Crippen LogP contribution in [0, 0.1) is 5.41 Å². The fourth-order valence-electron chi connectivity index (χ4n) is 2.44. The van der Waals surface area contributed by atoms with E-state index in [9.17, 15) is 0 Å². The van der Waals surface area contributed by atoms with E-state index in [0.717, 1.165) is 19.3 Å². The lowest BCUT2D eigenvalue weighted by atomic mass is 9.69. The van der Waals surface area contributed by atoms with Crippen molar-refractivity contribution >= 4 is 11.6 Å². The third kappa shape index (κ3) is 2.35. The van der Waals surface area contributed by atoms with Crippen molar-refractivity contribution < 1.29 is 0 Å². The van der Waals surface area contributed by atoms with Gasteiger partial charge in [-0.3, -0.25) is 0 Å². The number of halogens is 1. The van der Waals surface area contributed by atoms with Gasteiger partial charge in [-0.1, -0.05) is 6.92 Å². The van der Waals surface area contributed by atoms with Crippen LogP contribution in [0.3, 0.4) is 0 Å². The number of hydrogen-bond acceptors (Lipinski definition) is 2. The lowest BCUT2D eigenvalue weighted by Gasteiger charge is -2.43. The molecule has 0 aliphatic heterocycles. The molecule has 1 aliphatic rings. The van der Waals surface area contributed by atoms with Gasteiger partial charge in [-0.2, -0.15) is 0 Å². The summed E-state index contributed by atoms with van der Waals surface area (Å²) >= 11 is 6.29. The van der Waals surface area contributed by atoms with Crippen molar-refractivity contribution in [2.75, 3.05) is 6.54 Å². The second-order valence-electron chi connectivity index (χ2n) is 4.77. The first-order valence-corrected chi connectivity index (χ1v) is 4.89. The van der Waals surface area contributed by atoms with E-state index >= 15 is 0 Å².